The van der Waals surface area contributed by atoms with E-state index in [1.807, 2.05) is 30.3 Å². The second-order valence-electron chi connectivity index (χ2n) is 5.64. The van der Waals surface area contributed by atoms with Crippen molar-refractivity contribution in [3.8, 4) is 11.5 Å². The summed E-state index contributed by atoms with van der Waals surface area (Å²) in [5.74, 6) is 1.20. The Morgan fingerprint density at radius 1 is 1.23 bits per heavy atom. The zero-order valence-corrected chi connectivity index (χ0v) is 14.5. The van der Waals surface area contributed by atoms with Gasteiger partial charge in [-0.25, -0.2) is 5.43 Å². The molecule has 0 unspecified atom stereocenters. The number of nitrogens with zero attached hydrogens (tertiary/aromatic N) is 2. The maximum absolute atomic E-state index is 12.2. The summed E-state index contributed by atoms with van der Waals surface area (Å²) in [6.45, 7) is 0.130. The number of amides is 2. The maximum Gasteiger partial charge on any atom is 0.260 e. The number of hydrogen-bond acceptors (Lipinski definition) is 6. The minimum Gasteiger partial charge on any atom is -0.454 e. The van der Waals surface area contributed by atoms with Crippen LogP contribution in [0.25, 0.3) is 0 Å². The lowest BCUT2D eigenvalue weighted by Gasteiger charge is -2.27. The fraction of sp³-hybridized carbons (Fsp3) is 0.167. The van der Waals surface area contributed by atoms with Crippen LogP contribution in [0, 0.1) is 0 Å². The predicted octanol–water partition coefficient (Wildman–Crippen LogP) is 2.00. The van der Waals surface area contributed by atoms with E-state index in [0.29, 0.717) is 17.3 Å². The van der Waals surface area contributed by atoms with Crippen molar-refractivity contribution in [2.24, 2.45) is 5.10 Å². The number of thioether (sulfide) groups is 1. The summed E-state index contributed by atoms with van der Waals surface area (Å²) in [7, 11) is 0. The number of nitrogens with one attached hydrogen (secondary N) is 1. The third-order valence-corrected chi connectivity index (χ3v) is 4.96. The summed E-state index contributed by atoms with van der Waals surface area (Å²) in [6, 6.07) is 12.9. The molecular formula is C18H15N3O4S. The molecule has 0 aliphatic carbocycles. The first-order valence-corrected chi connectivity index (χ1v) is 8.93. The Balaban J connectivity index is 1.39. The Morgan fingerprint density at radius 3 is 3.00 bits per heavy atom. The number of ether oxygens (including phenoxy) is 2. The van der Waals surface area contributed by atoms with Crippen LogP contribution < -0.4 is 19.8 Å². The zero-order valence-electron chi connectivity index (χ0n) is 13.7. The van der Waals surface area contributed by atoms with Crippen LogP contribution in [-0.2, 0) is 9.59 Å². The standard InChI is InChI=1S/C18H15N3O4S/c22-17(9-21-13-3-1-2-4-16(13)26-10-18(21)23)20-19-8-12-5-6-14-15(7-12)25-11-24-14/h1-8H,9-11H2,(H,20,22). The summed E-state index contributed by atoms with van der Waals surface area (Å²) in [6.07, 6.45) is 1.52. The summed E-state index contributed by atoms with van der Waals surface area (Å²) in [5.41, 5.74) is 3.98. The average molecular weight is 369 g/mol. The Hall–Kier alpha value is -3.00. The van der Waals surface area contributed by atoms with Crippen LogP contribution in [-0.4, -0.2) is 37.1 Å². The van der Waals surface area contributed by atoms with Crippen LogP contribution in [0.15, 0.2) is 52.5 Å². The molecule has 2 heterocycles. The molecule has 1 N–H and O–H groups in total. The van der Waals surface area contributed by atoms with Gasteiger partial charge in [-0.2, -0.15) is 5.10 Å². The second-order valence-corrected chi connectivity index (χ2v) is 6.66. The van der Waals surface area contributed by atoms with Gasteiger partial charge in [0.25, 0.3) is 5.91 Å². The van der Waals surface area contributed by atoms with Gasteiger partial charge in [0, 0.05) is 4.90 Å². The fourth-order valence-corrected chi connectivity index (χ4v) is 3.61. The Labute approximate surface area is 154 Å². The number of rotatable bonds is 4. The highest BCUT2D eigenvalue weighted by Gasteiger charge is 2.26. The molecule has 2 aromatic rings. The molecule has 0 saturated heterocycles. The first-order valence-electron chi connectivity index (χ1n) is 7.94. The van der Waals surface area contributed by atoms with Crippen LogP contribution in [0.3, 0.4) is 0 Å². The number of carbonyl (C=O) groups excluding carboxylic acids is 2. The minimum absolute atomic E-state index is 0.0745. The fourth-order valence-electron chi connectivity index (χ4n) is 2.68. The molecule has 0 atom stereocenters. The lowest BCUT2D eigenvalue weighted by Crippen LogP contribution is -2.42. The number of hydrazone groups is 1. The molecule has 4 rings (SSSR count). The van der Waals surface area contributed by atoms with E-state index >= 15 is 0 Å². The highest BCUT2D eigenvalue weighted by molar-refractivity contribution is 8.00. The quantitative estimate of drug-likeness (QED) is 0.659. The summed E-state index contributed by atoms with van der Waals surface area (Å²) in [5, 5.41) is 3.95. The zero-order chi connectivity index (χ0) is 17.9. The number of benzene rings is 2. The highest BCUT2D eigenvalue weighted by atomic mass is 32.2. The molecule has 0 radical (unpaired) electrons. The molecule has 0 bridgehead atoms. The molecule has 2 amide bonds. The smallest absolute Gasteiger partial charge is 0.260 e. The summed E-state index contributed by atoms with van der Waals surface area (Å²) in [4.78, 5) is 26.8. The van der Waals surface area contributed by atoms with Crippen molar-refractivity contribution >= 4 is 35.5 Å². The van der Waals surface area contributed by atoms with Crippen LogP contribution in [0.4, 0.5) is 5.69 Å². The molecule has 2 aliphatic rings. The minimum atomic E-state index is -0.364. The largest absolute Gasteiger partial charge is 0.454 e. The van der Waals surface area contributed by atoms with Gasteiger partial charge in [-0.1, -0.05) is 12.1 Å². The van der Waals surface area contributed by atoms with Crippen molar-refractivity contribution < 1.29 is 19.1 Å². The Bertz CT molecular complexity index is 900. The molecule has 0 spiro atoms. The number of anilines is 1. The van der Waals surface area contributed by atoms with E-state index in [0.717, 1.165) is 16.1 Å². The van der Waals surface area contributed by atoms with E-state index < -0.39 is 0 Å². The third kappa shape index (κ3) is 3.36. The van der Waals surface area contributed by atoms with Crippen LogP contribution in [0.1, 0.15) is 5.56 Å². The predicted molar refractivity (Wildman–Crippen MR) is 97.8 cm³/mol. The molecule has 0 fully saturated rings. The van der Waals surface area contributed by atoms with Gasteiger partial charge in [0.1, 0.15) is 6.54 Å². The highest BCUT2D eigenvalue weighted by Crippen LogP contribution is 2.34. The summed E-state index contributed by atoms with van der Waals surface area (Å²) < 4.78 is 10.5. The van der Waals surface area contributed by atoms with Crippen molar-refractivity contribution in [1.29, 1.82) is 0 Å². The first-order chi connectivity index (χ1) is 12.7. The molecule has 132 valence electrons. The van der Waals surface area contributed by atoms with E-state index in [2.05, 4.69) is 10.5 Å². The molecule has 2 aliphatic heterocycles. The van der Waals surface area contributed by atoms with E-state index in [1.165, 1.54) is 22.9 Å². The van der Waals surface area contributed by atoms with Gasteiger partial charge in [-0.3, -0.25) is 9.59 Å². The van der Waals surface area contributed by atoms with Gasteiger partial charge >= 0.3 is 0 Å². The SMILES string of the molecule is O=C(CN1C(=O)CSc2ccccc21)NN=Cc1ccc2c(c1)OCO2. The Kier molecular flexibility index (Phi) is 4.49. The third-order valence-electron chi connectivity index (χ3n) is 3.91. The molecular weight excluding hydrogens is 354 g/mol. The van der Waals surface area contributed by atoms with Gasteiger partial charge in [0.15, 0.2) is 11.5 Å². The topological polar surface area (TPSA) is 80.2 Å². The molecule has 7 nitrogen and oxygen atoms in total. The van der Waals surface area contributed by atoms with Crippen molar-refractivity contribution in [3.63, 3.8) is 0 Å². The second kappa shape index (κ2) is 7.09. The van der Waals surface area contributed by atoms with E-state index in [1.54, 1.807) is 12.1 Å². The molecule has 8 heteroatoms. The molecule has 26 heavy (non-hydrogen) atoms. The maximum atomic E-state index is 12.2. The average Bonchev–Trinajstić information content (AvgIpc) is 3.12. The van der Waals surface area contributed by atoms with Crippen molar-refractivity contribution in [2.75, 3.05) is 24.0 Å². The molecule has 0 aromatic heterocycles. The number of fused-ring (bicyclic) bond motifs is 2. The van der Waals surface area contributed by atoms with Gasteiger partial charge in [0.05, 0.1) is 17.7 Å². The normalized spacial score (nSPS) is 15.2. The van der Waals surface area contributed by atoms with Gasteiger partial charge in [-0.15, -0.1) is 11.8 Å². The van der Waals surface area contributed by atoms with Gasteiger partial charge in [0.2, 0.25) is 12.7 Å². The molecule has 0 saturated carbocycles. The van der Waals surface area contributed by atoms with Crippen molar-refractivity contribution in [1.82, 2.24) is 5.43 Å². The van der Waals surface area contributed by atoms with E-state index in [-0.39, 0.29) is 25.2 Å². The number of para-hydroxylation sites is 1. The first kappa shape index (κ1) is 16.5. The van der Waals surface area contributed by atoms with Crippen molar-refractivity contribution in [3.05, 3.63) is 48.0 Å². The summed E-state index contributed by atoms with van der Waals surface area (Å²) >= 11 is 1.48. The number of carbonyl (C=O) groups is 2. The van der Waals surface area contributed by atoms with Gasteiger partial charge in [-0.05, 0) is 35.9 Å². The van der Waals surface area contributed by atoms with Crippen molar-refractivity contribution in [2.45, 2.75) is 4.90 Å². The monoisotopic (exact) mass is 369 g/mol. The van der Waals surface area contributed by atoms with Gasteiger partial charge < -0.3 is 14.4 Å². The van der Waals surface area contributed by atoms with E-state index in [4.69, 9.17) is 9.47 Å². The van der Waals surface area contributed by atoms with Crippen LogP contribution in [0.5, 0.6) is 11.5 Å². The Morgan fingerprint density at radius 2 is 2.08 bits per heavy atom. The molecule has 2 aromatic carbocycles. The lowest BCUT2D eigenvalue weighted by molar-refractivity contribution is -0.122. The lowest BCUT2D eigenvalue weighted by atomic mass is 10.2. The van der Waals surface area contributed by atoms with Crippen LogP contribution >= 0.6 is 11.8 Å². The van der Waals surface area contributed by atoms with E-state index in [9.17, 15) is 9.59 Å². The van der Waals surface area contributed by atoms with Crippen LogP contribution in [0.2, 0.25) is 0 Å². The number of hydrogen-bond donors (Lipinski definition) is 1.